The molecule has 0 aromatic heterocycles. The molecule has 0 saturated carbocycles. The highest BCUT2D eigenvalue weighted by molar-refractivity contribution is 7.80. The molecule has 0 heterocycles. The average molecular weight is 497 g/mol. The van der Waals surface area contributed by atoms with Crippen LogP contribution in [0.15, 0.2) is 24.3 Å². The molecule has 10 nitrogen and oxygen atoms in total. The number of benzene rings is 1. The Morgan fingerprint density at radius 1 is 0.912 bits per heavy atom. The van der Waals surface area contributed by atoms with Crippen molar-refractivity contribution in [1.82, 2.24) is 16.0 Å². The Kier molecular flexibility index (Phi) is 11.9. The lowest BCUT2D eigenvalue weighted by molar-refractivity contribution is -0.142. The van der Waals surface area contributed by atoms with E-state index in [2.05, 4.69) is 28.6 Å². The molecule has 7 N–H and O–H groups in total. The van der Waals surface area contributed by atoms with Crippen LogP contribution in [0.3, 0.4) is 0 Å². The van der Waals surface area contributed by atoms with Gasteiger partial charge in [-0.05, 0) is 42.4 Å². The molecule has 0 spiro atoms. The van der Waals surface area contributed by atoms with Gasteiger partial charge in [0.15, 0.2) is 0 Å². The summed E-state index contributed by atoms with van der Waals surface area (Å²) in [4.78, 5) is 49.5. The fraction of sp³-hybridized carbons (Fsp3) is 0.565. The standard InChI is InChI=1S/C23H36N4O6S/c1-12(2)9-17(23(32)33)25-21(30)18(11-34)26-22(31)19(13(3)4)27-20(29)16(24)10-14-5-7-15(28)8-6-14/h5-8,12-13,16-19,28,34H,9-11,24H2,1-4H3,(H,25,30)(H,26,31)(H,27,29)(H,32,33). The van der Waals surface area contributed by atoms with Crippen LogP contribution in [-0.2, 0) is 25.6 Å². The van der Waals surface area contributed by atoms with Crippen LogP contribution in [0.25, 0.3) is 0 Å². The van der Waals surface area contributed by atoms with Crippen molar-refractivity contribution in [1.29, 1.82) is 0 Å². The summed E-state index contributed by atoms with van der Waals surface area (Å²) in [7, 11) is 0. The molecule has 3 amide bonds. The van der Waals surface area contributed by atoms with Crippen LogP contribution in [-0.4, -0.2) is 63.8 Å². The number of carboxylic acids is 1. The van der Waals surface area contributed by atoms with Crippen molar-refractivity contribution in [3.05, 3.63) is 29.8 Å². The molecule has 0 aliphatic heterocycles. The van der Waals surface area contributed by atoms with E-state index < -0.39 is 47.9 Å². The summed E-state index contributed by atoms with van der Waals surface area (Å²) in [6.45, 7) is 7.13. The van der Waals surface area contributed by atoms with Crippen molar-refractivity contribution in [3.63, 3.8) is 0 Å². The van der Waals surface area contributed by atoms with Crippen LogP contribution < -0.4 is 21.7 Å². The zero-order valence-electron chi connectivity index (χ0n) is 19.9. The lowest BCUT2D eigenvalue weighted by Crippen LogP contribution is -2.59. The van der Waals surface area contributed by atoms with Crippen molar-refractivity contribution in [3.8, 4) is 5.75 Å². The average Bonchev–Trinajstić information content (AvgIpc) is 2.75. The predicted molar refractivity (Wildman–Crippen MR) is 131 cm³/mol. The SMILES string of the molecule is CC(C)CC(NC(=O)C(CS)NC(=O)C(NC(=O)C(N)Cc1ccc(O)cc1)C(C)C)C(=O)O. The second kappa shape index (κ2) is 13.8. The molecule has 0 saturated heterocycles. The van der Waals surface area contributed by atoms with Crippen LogP contribution in [0.5, 0.6) is 5.75 Å². The molecule has 1 aromatic rings. The first-order valence-electron chi connectivity index (χ1n) is 11.1. The highest BCUT2D eigenvalue weighted by Crippen LogP contribution is 2.12. The molecule has 34 heavy (non-hydrogen) atoms. The first-order chi connectivity index (χ1) is 15.8. The van der Waals surface area contributed by atoms with Crippen LogP contribution in [0.1, 0.15) is 39.7 Å². The summed E-state index contributed by atoms with van der Waals surface area (Å²) in [5.74, 6) is -3.24. The second-order valence-corrected chi connectivity index (χ2v) is 9.35. The number of aliphatic carboxylic acids is 1. The molecule has 0 fully saturated rings. The van der Waals surface area contributed by atoms with E-state index >= 15 is 0 Å². The van der Waals surface area contributed by atoms with Gasteiger partial charge in [0, 0.05) is 5.75 Å². The summed E-state index contributed by atoms with van der Waals surface area (Å²) < 4.78 is 0. The minimum absolute atomic E-state index is 0.0387. The highest BCUT2D eigenvalue weighted by atomic mass is 32.1. The number of carbonyl (C=O) groups is 4. The first kappa shape index (κ1) is 29.2. The van der Waals surface area contributed by atoms with Gasteiger partial charge in [0.25, 0.3) is 0 Å². The minimum atomic E-state index is -1.17. The fourth-order valence-electron chi connectivity index (χ4n) is 3.19. The van der Waals surface area contributed by atoms with Gasteiger partial charge in [-0.2, -0.15) is 12.6 Å². The number of nitrogens with one attached hydrogen (secondary N) is 3. The van der Waals surface area contributed by atoms with Crippen LogP contribution in [0, 0.1) is 11.8 Å². The fourth-order valence-corrected chi connectivity index (χ4v) is 3.45. The van der Waals surface area contributed by atoms with Crippen molar-refractivity contribution < 1.29 is 29.4 Å². The van der Waals surface area contributed by atoms with Crippen LogP contribution in [0.4, 0.5) is 0 Å². The Balaban J connectivity index is 2.80. The van der Waals surface area contributed by atoms with Crippen molar-refractivity contribution in [2.45, 2.75) is 64.7 Å². The maximum absolute atomic E-state index is 12.9. The van der Waals surface area contributed by atoms with Gasteiger partial charge in [0.05, 0.1) is 6.04 Å². The predicted octanol–water partition coefficient (Wildman–Crippen LogP) is 0.433. The van der Waals surface area contributed by atoms with Gasteiger partial charge in [-0.3, -0.25) is 14.4 Å². The number of phenolic OH excluding ortho intramolecular Hbond substituents is 1. The normalized spacial score (nSPS) is 14.7. The van der Waals surface area contributed by atoms with Crippen molar-refractivity contribution in [2.75, 3.05) is 5.75 Å². The van der Waals surface area contributed by atoms with Gasteiger partial charge in [0.1, 0.15) is 23.9 Å². The molecule has 11 heteroatoms. The number of hydrogen-bond donors (Lipinski definition) is 7. The molecular weight excluding hydrogens is 460 g/mol. The Bertz CT molecular complexity index is 846. The summed E-state index contributed by atoms with van der Waals surface area (Å²) in [6, 6.07) is 2.18. The molecule has 0 radical (unpaired) electrons. The van der Waals surface area contributed by atoms with E-state index in [1.54, 1.807) is 26.0 Å². The summed E-state index contributed by atoms with van der Waals surface area (Å²) in [5.41, 5.74) is 6.74. The Morgan fingerprint density at radius 2 is 1.47 bits per heavy atom. The molecule has 0 aliphatic carbocycles. The maximum Gasteiger partial charge on any atom is 0.326 e. The number of aromatic hydroxyl groups is 1. The van der Waals surface area contributed by atoms with Gasteiger partial charge >= 0.3 is 5.97 Å². The number of hydrogen-bond acceptors (Lipinski definition) is 7. The zero-order chi connectivity index (χ0) is 26.0. The van der Waals surface area contributed by atoms with Crippen LogP contribution >= 0.6 is 12.6 Å². The number of amides is 3. The third-order valence-electron chi connectivity index (χ3n) is 5.11. The van der Waals surface area contributed by atoms with Crippen molar-refractivity contribution >= 4 is 36.3 Å². The number of carbonyl (C=O) groups excluding carboxylic acids is 3. The maximum atomic E-state index is 12.9. The van der Waals surface area contributed by atoms with E-state index in [1.165, 1.54) is 12.1 Å². The molecule has 0 aliphatic rings. The Labute approximate surface area is 205 Å². The van der Waals surface area contributed by atoms with Gasteiger partial charge in [0.2, 0.25) is 17.7 Å². The summed E-state index contributed by atoms with van der Waals surface area (Å²) in [5, 5.41) is 26.3. The number of thiol groups is 1. The third-order valence-corrected chi connectivity index (χ3v) is 5.48. The number of carboxylic acid groups (broad SMARTS) is 1. The summed E-state index contributed by atoms with van der Waals surface area (Å²) in [6.07, 6.45) is 0.435. The number of phenols is 1. The van der Waals surface area contributed by atoms with Crippen molar-refractivity contribution in [2.24, 2.45) is 17.6 Å². The van der Waals surface area contributed by atoms with Gasteiger partial charge in [-0.25, -0.2) is 4.79 Å². The third kappa shape index (κ3) is 9.60. The van der Waals surface area contributed by atoms with E-state index in [0.717, 1.165) is 5.56 Å². The molecule has 0 bridgehead atoms. The van der Waals surface area contributed by atoms with E-state index in [-0.39, 0.29) is 36.2 Å². The molecule has 1 aromatic carbocycles. The Morgan fingerprint density at radius 3 is 1.94 bits per heavy atom. The molecule has 4 atom stereocenters. The minimum Gasteiger partial charge on any atom is -0.508 e. The zero-order valence-corrected chi connectivity index (χ0v) is 20.8. The van der Waals surface area contributed by atoms with E-state index in [1.807, 2.05) is 13.8 Å². The van der Waals surface area contributed by atoms with Gasteiger partial charge in [-0.1, -0.05) is 39.8 Å². The molecule has 4 unspecified atom stereocenters. The molecule has 190 valence electrons. The largest absolute Gasteiger partial charge is 0.508 e. The van der Waals surface area contributed by atoms with Gasteiger partial charge in [-0.15, -0.1) is 0 Å². The lowest BCUT2D eigenvalue weighted by Gasteiger charge is -2.26. The van der Waals surface area contributed by atoms with E-state index in [4.69, 9.17) is 5.73 Å². The number of rotatable bonds is 13. The summed E-state index contributed by atoms with van der Waals surface area (Å²) >= 11 is 4.11. The quantitative estimate of drug-likeness (QED) is 0.194. The highest BCUT2D eigenvalue weighted by Gasteiger charge is 2.31. The lowest BCUT2D eigenvalue weighted by atomic mass is 10.0. The van der Waals surface area contributed by atoms with Gasteiger partial charge < -0.3 is 31.9 Å². The first-order valence-corrected chi connectivity index (χ1v) is 11.8. The molecule has 1 rings (SSSR count). The Hall–Kier alpha value is -2.79. The van der Waals surface area contributed by atoms with E-state index in [0.29, 0.717) is 0 Å². The smallest absolute Gasteiger partial charge is 0.326 e. The second-order valence-electron chi connectivity index (χ2n) is 8.98. The monoisotopic (exact) mass is 496 g/mol. The molecular formula is C23H36N4O6S. The number of nitrogens with two attached hydrogens (primary N) is 1. The topological polar surface area (TPSA) is 171 Å². The van der Waals surface area contributed by atoms with E-state index in [9.17, 15) is 29.4 Å². The van der Waals surface area contributed by atoms with Crippen LogP contribution in [0.2, 0.25) is 0 Å².